The topological polar surface area (TPSA) is 75.1 Å². The Balaban J connectivity index is 3.28. The van der Waals surface area contributed by atoms with Crippen molar-refractivity contribution in [1.29, 1.82) is 0 Å². The number of esters is 1. The normalized spacial score (nSPS) is 9.00. The zero-order chi connectivity index (χ0) is 10.6. The van der Waals surface area contributed by atoms with E-state index in [9.17, 15) is 4.79 Å². The molecule has 0 saturated carbocycles. The Morgan fingerprint density at radius 2 is 2.36 bits per heavy atom. The molecule has 14 heavy (non-hydrogen) atoms. The van der Waals surface area contributed by atoms with Gasteiger partial charge in [-0.05, 0) is 23.7 Å². The lowest BCUT2D eigenvalue weighted by atomic mass is 10.2. The monoisotopic (exact) mass is 211 g/mol. The largest absolute Gasteiger partial charge is 0.465 e. The second-order valence-corrected chi connectivity index (χ2v) is 2.78. The quantitative estimate of drug-likeness (QED) is 0.326. The van der Waals surface area contributed by atoms with Crippen molar-refractivity contribution in [2.75, 3.05) is 7.11 Å². The van der Waals surface area contributed by atoms with Crippen LogP contribution in [0.2, 0.25) is 5.02 Å². The van der Waals surface area contributed by atoms with E-state index in [1.165, 1.54) is 25.3 Å². The van der Waals surface area contributed by atoms with Gasteiger partial charge in [0.1, 0.15) is 0 Å². The summed E-state index contributed by atoms with van der Waals surface area (Å²) in [5.74, 6) is -0.566. The average Bonchev–Trinajstić information content (AvgIpc) is 2.17. The van der Waals surface area contributed by atoms with E-state index in [2.05, 4.69) is 14.8 Å². The highest BCUT2D eigenvalue weighted by molar-refractivity contribution is 6.31. The predicted octanol–water partition coefficient (Wildman–Crippen LogP) is 3.07. The van der Waals surface area contributed by atoms with Crippen LogP contribution in [-0.2, 0) is 4.74 Å². The van der Waals surface area contributed by atoms with Crippen molar-refractivity contribution in [3.63, 3.8) is 0 Å². The summed E-state index contributed by atoms with van der Waals surface area (Å²) < 4.78 is 4.50. The summed E-state index contributed by atoms with van der Waals surface area (Å²) in [7, 11) is 1.25. The van der Waals surface area contributed by atoms with E-state index in [4.69, 9.17) is 17.1 Å². The fourth-order valence-electron chi connectivity index (χ4n) is 0.918. The molecule has 0 unspecified atom stereocenters. The van der Waals surface area contributed by atoms with Crippen LogP contribution >= 0.6 is 11.6 Å². The Hall–Kier alpha value is -1.71. The Kier molecular flexibility index (Phi) is 3.34. The van der Waals surface area contributed by atoms with Gasteiger partial charge in [-0.25, -0.2) is 4.79 Å². The number of azide groups is 1. The molecule has 0 fully saturated rings. The number of hydrogen-bond donors (Lipinski definition) is 0. The van der Waals surface area contributed by atoms with Crippen molar-refractivity contribution in [2.45, 2.75) is 0 Å². The molecular formula is C8H6ClN3O2. The second kappa shape index (κ2) is 4.50. The maximum atomic E-state index is 11.2. The number of nitrogens with zero attached hydrogens (tertiary/aromatic N) is 3. The molecule has 0 bridgehead atoms. The fraction of sp³-hybridized carbons (Fsp3) is 0.125. The molecular weight excluding hydrogens is 206 g/mol. The van der Waals surface area contributed by atoms with Crippen molar-refractivity contribution < 1.29 is 9.53 Å². The average molecular weight is 212 g/mol. The Morgan fingerprint density at radius 1 is 1.64 bits per heavy atom. The van der Waals surface area contributed by atoms with Crippen molar-refractivity contribution in [3.05, 3.63) is 39.2 Å². The van der Waals surface area contributed by atoms with Gasteiger partial charge in [-0.15, -0.1) is 0 Å². The lowest BCUT2D eigenvalue weighted by molar-refractivity contribution is 0.0601. The van der Waals surface area contributed by atoms with Crippen molar-refractivity contribution >= 4 is 23.3 Å². The van der Waals surface area contributed by atoms with E-state index in [-0.39, 0.29) is 11.3 Å². The predicted molar refractivity (Wildman–Crippen MR) is 51.6 cm³/mol. The van der Waals surface area contributed by atoms with Gasteiger partial charge in [0, 0.05) is 9.93 Å². The van der Waals surface area contributed by atoms with Gasteiger partial charge in [0.25, 0.3) is 0 Å². The van der Waals surface area contributed by atoms with Gasteiger partial charge >= 0.3 is 5.97 Å². The molecule has 0 N–H and O–H groups in total. The summed E-state index contributed by atoms with van der Waals surface area (Å²) in [5.41, 5.74) is 8.60. The Labute approximate surface area is 84.9 Å². The highest BCUT2D eigenvalue weighted by Gasteiger charge is 2.10. The smallest absolute Gasteiger partial charge is 0.338 e. The number of rotatable bonds is 2. The SMILES string of the molecule is COC(=O)c1ccc(Cl)cc1N=[N+]=[N-]. The van der Waals surface area contributed by atoms with Gasteiger partial charge in [0.2, 0.25) is 0 Å². The first-order valence-electron chi connectivity index (χ1n) is 3.62. The molecule has 0 aromatic heterocycles. The number of halogens is 1. The molecule has 0 atom stereocenters. The van der Waals surface area contributed by atoms with E-state index in [1.54, 1.807) is 0 Å². The zero-order valence-electron chi connectivity index (χ0n) is 7.27. The third-order valence-electron chi connectivity index (χ3n) is 1.52. The lowest BCUT2D eigenvalue weighted by Crippen LogP contribution is -2.00. The molecule has 0 aliphatic carbocycles. The number of ether oxygens (including phenoxy) is 1. The molecule has 0 radical (unpaired) electrons. The van der Waals surface area contributed by atoms with Crippen molar-refractivity contribution in [3.8, 4) is 0 Å². The van der Waals surface area contributed by atoms with E-state index in [1.807, 2.05) is 0 Å². The third-order valence-corrected chi connectivity index (χ3v) is 1.75. The molecule has 72 valence electrons. The summed E-state index contributed by atoms with van der Waals surface area (Å²) in [4.78, 5) is 13.8. The van der Waals surface area contributed by atoms with Crippen LogP contribution in [0.5, 0.6) is 0 Å². The lowest BCUT2D eigenvalue weighted by Gasteiger charge is -2.02. The number of carbonyl (C=O) groups is 1. The molecule has 0 aliphatic heterocycles. The van der Waals surface area contributed by atoms with Crippen LogP contribution in [0.1, 0.15) is 10.4 Å². The highest BCUT2D eigenvalue weighted by atomic mass is 35.5. The highest BCUT2D eigenvalue weighted by Crippen LogP contribution is 2.24. The first kappa shape index (κ1) is 10.4. The van der Waals surface area contributed by atoms with Crippen molar-refractivity contribution in [1.82, 2.24) is 0 Å². The molecule has 1 aromatic rings. The van der Waals surface area contributed by atoms with Crippen LogP contribution in [0, 0.1) is 0 Å². The Morgan fingerprint density at radius 3 is 2.93 bits per heavy atom. The van der Waals surface area contributed by atoms with E-state index in [0.717, 1.165) is 0 Å². The third kappa shape index (κ3) is 2.16. The minimum absolute atomic E-state index is 0.159. The summed E-state index contributed by atoms with van der Waals surface area (Å²) >= 11 is 5.67. The molecule has 0 heterocycles. The van der Waals surface area contributed by atoms with Crippen LogP contribution in [0.25, 0.3) is 10.4 Å². The minimum atomic E-state index is -0.566. The minimum Gasteiger partial charge on any atom is -0.465 e. The summed E-state index contributed by atoms with van der Waals surface area (Å²) in [6.07, 6.45) is 0. The maximum absolute atomic E-state index is 11.2. The van der Waals surface area contributed by atoms with Gasteiger partial charge in [0.15, 0.2) is 0 Å². The van der Waals surface area contributed by atoms with E-state index < -0.39 is 5.97 Å². The van der Waals surface area contributed by atoms with Crippen LogP contribution in [0.4, 0.5) is 5.69 Å². The van der Waals surface area contributed by atoms with E-state index in [0.29, 0.717) is 5.02 Å². The molecule has 1 aromatic carbocycles. The zero-order valence-corrected chi connectivity index (χ0v) is 8.02. The fourth-order valence-corrected chi connectivity index (χ4v) is 1.08. The van der Waals surface area contributed by atoms with Crippen LogP contribution < -0.4 is 0 Å². The molecule has 0 spiro atoms. The van der Waals surface area contributed by atoms with Gasteiger partial charge in [-0.2, -0.15) is 0 Å². The number of methoxy groups -OCH3 is 1. The number of benzene rings is 1. The second-order valence-electron chi connectivity index (χ2n) is 2.34. The molecule has 1 rings (SSSR count). The first-order valence-corrected chi connectivity index (χ1v) is 4.00. The molecule has 0 saturated heterocycles. The van der Waals surface area contributed by atoms with Crippen LogP contribution in [0.3, 0.4) is 0 Å². The Bertz CT molecular complexity index is 413. The summed E-state index contributed by atoms with van der Waals surface area (Å²) in [6.45, 7) is 0. The molecule has 6 heteroatoms. The molecule has 0 amide bonds. The number of hydrogen-bond acceptors (Lipinski definition) is 3. The summed E-state index contributed by atoms with van der Waals surface area (Å²) in [5, 5.41) is 3.72. The van der Waals surface area contributed by atoms with E-state index >= 15 is 0 Å². The van der Waals surface area contributed by atoms with Gasteiger partial charge in [0.05, 0.1) is 18.4 Å². The van der Waals surface area contributed by atoms with Crippen LogP contribution in [-0.4, -0.2) is 13.1 Å². The van der Waals surface area contributed by atoms with Gasteiger partial charge < -0.3 is 4.74 Å². The molecule has 5 nitrogen and oxygen atoms in total. The maximum Gasteiger partial charge on any atom is 0.338 e. The standard InChI is InChI=1S/C8H6ClN3O2/c1-14-8(13)6-3-2-5(9)4-7(6)11-12-10/h2-4H,1H3. The summed E-state index contributed by atoms with van der Waals surface area (Å²) in [6, 6.07) is 4.36. The first-order chi connectivity index (χ1) is 6.69. The van der Waals surface area contributed by atoms with Crippen molar-refractivity contribution in [2.24, 2.45) is 5.11 Å². The van der Waals surface area contributed by atoms with Gasteiger partial charge in [-0.1, -0.05) is 16.7 Å². The van der Waals surface area contributed by atoms with Gasteiger partial charge in [-0.3, -0.25) is 0 Å². The number of carbonyl (C=O) groups excluding carboxylic acids is 1. The van der Waals surface area contributed by atoms with Crippen LogP contribution in [0.15, 0.2) is 23.3 Å². The molecule has 0 aliphatic rings.